The average Bonchev–Trinajstić information content (AvgIpc) is 3.01. The molecule has 0 aromatic rings. The predicted octanol–water partition coefficient (Wildman–Crippen LogP) is -6.26. The highest BCUT2D eigenvalue weighted by molar-refractivity contribution is 5.01. The number of hydrogen-bond acceptors (Lipinski definition) is 14. The first kappa shape index (κ1) is 26.1. The van der Waals surface area contributed by atoms with Gasteiger partial charge in [0.1, 0.15) is 48.8 Å². The standard InChI is InChI=1S/C18H36N4O10/c1-4(23)14-12(27)11(26)8(22)17(30-14)31-15-6(21)2-5(20)9(24)16(15)32-18-13(28)10(25)7(3-19)29-18/h4-18,23-28H,2-3,19-22H2,1H3/t4-,5-,6?,7-,8?,9?,10+,11-,12+,13?,14?,15-,16-,17-,18+/m1/s1. The van der Waals surface area contributed by atoms with Gasteiger partial charge in [-0.15, -0.1) is 0 Å². The lowest BCUT2D eigenvalue weighted by Crippen LogP contribution is -2.68. The second-order valence-corrected chi connectivity index (χ2v) is 8.78. The first-order valence-electron chi connectivity index (χ1n) is 10.6. The SMILES string of the molecule is C[C@@H](O)C1O[C@H](O[C@@H]2C(N)C[C@@H](N)C(O)[C@H]2O[C@@H]2O[C@H](CN)[C@H](O)C2O)C(N)[C@@H](O)[C@@H]1O. The molecule has 14 nitrogen and oxygen atoms in total. The third-order valence-corrected chi connectivity index (χ3v) is 6.36. The van der Waals surface area contributed by atoms with Crippen molar-refractivity contribution in [2.45, 2.75) is 105 Å². The summed E-state index contributed by atoms with van der Waals surface area (Å²) < 4.78 is 22.7. The molecule has 0 spiro atoms. The third kappa shape index (κ3) is 4.94. The number of ether oxygens (including phenoxy) is 4. The summed E-state index contributed by atoms with van der Waals surface area (Å²) in [4.78, 5) is 0. The van der Waals surface area contributed by atoms with Gasteiger partial charge in [0.25, 0.3) is 0 Å². The first-order valence-corrected chi connectivity index (χ1v) is 10.6. The summed E-state index contributed by atoms with van der Waals surface area (Å²) in [6, 6.07) is -2.78. The van der Waals surface area contributed by atoms with Crippen LogP contribution < -0.4 is 22.9 Å². The van der Waals surface area contributed by atoms with E-state index in [1.807, 2.05) is 0 Å². The normalized spacial score (nSPS) is 53.3. The maximum absolute atomic E-state index is 10.7. The Labute approximate surface area is 185 Å². The molecule has 32 heavy (non-hydrogen) atoms. The third-order valence-electron chi connectivity index (χ3n) is 6.36. The van der Waals surface area contributed by atoms with Crippen molar-refractivity contribution < 1.29 is 49.6 Å². The number of rotatable bonds is 6. The molecule has 14 heteroatoms. The highest BCUT2D eigenvalue weighted by Crippen LogP contribution is 2.32. The van der Waals surface area contributed by atoms with Crippen molar-refractivity contribution in [3.05, 3.63) is 0 Å². The van der Waals surface area contributed by atoms with Gasteiger partial charge < -0.3 is 72.5 Å². The van der Waals surface area contributed by atoms with Crippen LogP contribution in [0.5, 0.6) is 0 Å². The van der Waals surface area contributed by atoms with Crippen molar-refractivity contribution in [3.63, 3.8) is 0 Å². The smallest absolute Gasteiger partial charge is 0.187 e. The van der Waals surface area contributed by atoms with Crippen LogP contribution in [0.3, 0.4) is 0 Å². The van der Waals surface area contributed by atoms with E-state index < -0.39 is 91.7 Å². The molecule has 3 fully saturated rings. The number of hydrogen-bond donors (Lipinski definition) is 10. The quantitative estimate of drug-likeness (QED) is 0.174. The molecule has 2 saturated heterocycles. The molecule has 0 radical (unpaired) electrons. The van der Waals surface area contributed by atoms with Crippen molar-refractivity contribution in [2.75, 3.05) is 6.54 Å². The molecular formula is C18H36N4O10. The van der Waals surface area contributed by atoms with Crippen LogP contribution in [0.15, 0.2) is 0 Å². The molecule has 2 aliphatic heterocycles. The zero-order valence-electron chi connectivity index (χ0n) is 17.7. The van der Waals surface area contributed by atoms with Gasteiger partial charge in [0.05, 0.1) is 18.2 Å². The van der Waals surface area contributed by atoms with Crippen LogP contribution >= 0.6 is 0 Å². The summed E-state index contributed by atoms with van der Waals surface area (Å²) in [7, 11) is 0. The first-order chi connectivity index (χ1) is 15.0. The Morgan fingerprint density at radius 2 is 1.44 bits per heavy atom. The maximum atomic E-state index is 10.7. The zero-order valence-corrected chi connectivity index (χ0v) is 17.7. The van der Waals surface area contributed by atoms with E-state index in [4.69, 9.17) is 41.9 Å². The molecule has 15 atom stereocenters. The van der Waals surface area contributed by atoms with E-state index in [9.17, 15) is 30.6 Å². The molecule has 0 aromatic carbocycles. The minimum Gasteiger partial charge on any atom is -0.391 e. The molecule has 0 amide bonds. The molecule has 2 heterocycles. The number of aliphatic hydroxyl groups is 6. The van der Waals surface area contributed by atoms with Crippen molar-refractivity contribution in [1.82, 2.24) is 0 Å². The molecule has 3 aliphatic rings. The topological polar surface area (TPSA) is 262 Å². The zero-order chi connectivity index (χ0) is 23.9. The molecular weight excluding hydrogens is 432 g/mol. The second kappa shape index (κ2) is 10.4. The van der Waals surface area contributed by atoms with Crippen molar-refractivity contribution in [1.29, 1.82) is 0 Å². The summed E-state index contributed by atoms with van der Waals surface area (Å²) in [6.45, 7) is 1.30. The Hall–Kier alpha value is -0.560. The van der Waals surface area contributed by atoms with Crippen molar-refractivity contribution in [2.24, 2.45) is 22.9 Å². The lowest BCUT2D eigenvalue weighted by molar-refractivity contribution is -0.315. The van der Waals surface area contributed by atoms with Crippen LogP contribution in [-0.4, -0.2) is 129 Å². The van der Waals surface area contributed by atoms with Crippen molar-refractivity contribution in [3.8, 4) is 0 Å². The average molecular weight is 469 g/mol. The van der Waals surface area contributed by atoms with E-state index >= 15 is 0 Å². The van der Waals surface area contributed by atoms with E-state index in [2.05, 4.69) is 0 Å². The monoisotopic (exact) mass is 468 g/mol. The molecule has 3 rings (SSSR count). The number of nitrogens with two attached hydrogens (primary N) is 4. The highest BCUT2D eigenvalue weighted by atomic mass is 16.7. The molecule has 14 N–H and O–H groups in total. The van der Waals surface area contributed by atoms with E-state index in [0.717, 1.165) is 0 Å². The minimum absolute atomic E-state index is 0.0734. The fourth-order valence-corrected chi connectivity index (χ4v) is 4.37. The van der Waals surface area contributed by atoms with Gasteiger partial charge in [0.15, 0.2) is 12.6 Å². The van der Waals surface area contributed by atoms with Crippen LogP contribution in [0.25, 0.3) is 0 Å². The summed E-state index contributed by atoms with van der Waals surface area (Å²) in [6.07, 6.45) is -15.1. The summed E-state index contributed by atoms with van der Waals surface area (Å²) in [5, 5.41) is 61.2. The fourth-order valence-electron chi connectivity index (χ4n) is 4.37. The van der Waals surface area contributed by atoms with Crippen LogP contribution in [0.2, 0.25) is 0 Å². The van der Waals surface area contributed by atoms with Crippen molar-refractivity contribution >= 4 is 0 Å². The van der Waals surface area contributed by atoms with Crippen LogP contribution in [0.4, 0.5) is 0 Å². The van der Waals surface area contributed by atoms with E-state index in [1.54, 1.807) is 0 Å². The van der Waals surface area contributed by atoms with Crippen LogP contribution in [0.1, 0.15) is 13.3 Å². The molecule has 188 valence electrons. The predicted molar refractivity (Wildman–Crippen MR) is 106 cm³/mol. The van der Waals surface area contributed by atoms with Gasteiger partial charge in [0.2, 0.25) is 0 Å². The fraction of sp³-hybridized carbons (Fsp3) is 1.00. The minimum atomic E-state index is -1.47. The van der Waals surface area contributed by atoms with E-state index in [-0.39, 0.29) is 13.0 Å². The van der Waals surface area contributed by atoms with Gasteiger partial charge in [-0.2, -0.15) is 0 Å². The molecule has 0 aromatic heterocycles. The largest absolute Gasteiger partial charge is 0.391 e. The number of aliphatic hydroxyl groups excluding tert-OH is 6. The Balaban J connectivity index is 1.79. The Kier molecular flexibility index (Phi) is 8.44. The Morgan fingerprint density at radius 3 is 2.00 bits per heavy atom. The summed E-state index contributed by atoms with van der Waals surface area (Å²) in [5.74, 6) is 0. The molecule has 1 saturated carbocycles. The van der Waals surface area contributed by atoms with Gasteiger partial charge in [0, 0.05) is 18.6 Å². The Bertz CT molecular complexity index is 620. The van der Waals surface area contributed by atoms with Gasteiger partial charge in [-0.1, -0.05) is 0 Å². The van der Waals surface area contributed by atoms with E-state index in [0.29, 0.717) is 0 Å². The highest BCUT2D eigenvalue weighted by Gasteiger charge is 2.52. The molecule has 1 aliphatic carbocycles. The van der Waals surface area contributed by atoms with Gasteiger partial charge in [-0.3, -0.25) is 0 Å². The van der Waals surface area contributed by atoms with Gasteiger partial charge in [-0.25, -0.2) is 0 Å². The molecule has 0 bridgehead atoms. The Morgan fingerprint density at radius 1 is 0.812 bits per heavy atom. The summed E-state index contributed by atoms with van der Waals surface area (Å²) >= 11 is 0. The summed E-state index contributed by atoms with van der Waals surface area (Å²) in [5.41, 5.74) is 23.7. The van der Waals surface area contributed by atoms with Crippen LogP contribution in [-0.2, 0) is 18.9 Å². The van der Waals surface area contributed by atoms with Gasteiger partial charge >= 0.3 is 0 Å². The van der Waals surface area contributed by atoms with Crippen LogP contribution in [0, 0.1) is 0 Å². The second-order valence-electron chi connectivity index (χ2n) is 8.78. The molecule has 5 unspecified atom stereocenters. The van der Waals surface area contributed by atoms with Gasteiger partial charge in [-0.05, 0) is 13.3 Å². The lowest BCUT2D eigenvalue weighted by atomic mass is 9.84. The lowest BCUT2D eigenvalue weighted by Gasteiger charge is -2.47. The maximum Gasteiger partial charge on any atom is 0.187 e. The van der Waals surface area contributed by atoms with E-state index in [1.165, 1.54) is 6.92 Å².